The molecule has 0 saturated carbocycles. The first-order valence-electron chi connectivity index (χ1n) is 6.51. The fraction of sp³-hybridized carbons (Fsp3) is 0.250. The normalized spacial score (nSPS) is 10.2. The molecule has 104 valence electrons. The summed E-state index contributed by atoms with van der Waals surface area (Å²) in [6.07, 6.45) is 3.17. The fourth-order valence-corrected chi connectivity index (χ4v) is 1.87. The lowest BCUT2D eigenvalue weighted by molar-refractivity contribution is 0.103. The maximum atomic E-state index is 12.4. The Balaban J connectivity index is 2.24. The Bertz CT molecular complexity index is 592. The number of ketones is 1. The van der Waals surface area contributed by atoms with Crippen molar-refractivity contribution in [2.75, 3.05) is 25.6 Å². The topological polar surface area (TPSA) is 42.4 Å². The summed E-state index contributed by atoms with van der Waals surface area (Å²) >= 11 is 0. The van der Waals surface area contributed by atoms with Crippen molar-refractivity contribution in [1.82, 2.24) is 4.98 Å². The molecule has 1 aromatic heterocycles. The van der Waals surface area contributed by atoms with E-state index in [4.69, 9.17) is 4.74 Å². The molecule has 4 nitrogen and oxygen atoms in total. The quantitative estimate of drug-likeness (QED) is 0.783. The molecule has 4 heteroatoms. The maximum Gasteiger partial charge on any atom is 0.194 e. The van der Waals surface area contributed by atoms with E-state index in [1.807, 2.05) is 50.2 Å². The van der Waals surface area contributed by atoms with Gasteiger partial charge in [0.1, 0.15) is 5.75 Å². The van der Waals surface area contributed by atoms with E-state index in [0.29, 0.717) is 23.5 Å². The zero-order valence-corrected chi connectivity index (χ0v) is 12.0. The van der Waals surface area contributed by atoms with Crippen LogP contribution in [0.1, 0.15) is 22.8 Å². The number of carbonyl (C=O) groups is 1. The van der Waals surface area contributed by atoms with E-state index in [1.165, 1.54) is 0 Å². The molecular weight excluding hydrogens is 252 g/mol. The van der Waals surface area contributed by atoms with Crippen LogP contribution >= 0.6 is 0 Å². The number of aromatic nitrogens is 1. The third-order valence-electron chi connectivity index (χ3n) is 2.93. The van der Waals surface area contributed by atoms with Crippen molar-refractivity contribution in [2.24, 2.45) is 0 Å². The summed E-state index contributed by atoms with van der Waals surface area (Å²) in [5.41, 5.74) is 2.24. The second kappa shape index (κ2) is 6.19. The van der Waals surface area contributed by atoms with Crippen LogP contribution in [0.15, 0.2) is 42.7 Å². The standard InChI is InChI=1S/C16H18N2O2/c1-4-20-15-9-13(10-17-11-15)16(19)12-5-7-14(8-6-12)18(2)3/h5-11H,4H2,1-3H3. The molecule has 0 unspecified atom stereocenters. The van der Waals surface area contributed by atoms with Gasteiger partial charge in [-0.3, -0.25) is 9.78 Å². The number of carbonyl (C=O) groups excluding carboxylic acids is 1. The van der Waals surface area contributed by atoms with E-state index in [0.717, 1.165) is 5.69 Å². The van der Waals surface area contributed by atoms with Gasteiger partial charge in [-0.25, -0.2) is 0 Å². The molecule has 0 aliphatic rings. The van der Waals surface area contributed by atoms with Crippen LogP contribution in [0.5, 0.6) is 5.75 Å². The van der Waals surface area contributed by atoms with Crippen LogP contribution < -0.4 is 9.64 Å². The number of hydrogen-bond acceptors (Lipinski definition) is 4. The highest BCUT2D eigenvalue weighted by Gasteiger charge is 2.10. The predicted octanol–water partition coefficient (Wildman–Crippen LogP) is 2.78. The molecule has 2 aromatic rings. The maximum absolute atomic E-state index is 12.4. The number of nitrogens with zero attached hydrogens (tertiary/aromatic N) is 2. The summed E-state index contributed by atoms with van der Waals surface area (Å²) in [6.45, 7) is 2.45. The molecule has 0 radical (unpaired) electrons. The summed E-state index contributed by atoms with van der Waals surface area (Å²) in [7, 11) is 3.93. The summed E-state index contributed by atoms with van der Waals surface area (Å²) in [5, 5.41) is 0. The van der Waals surface area contributed by atoms with Gasteiger partial charge in [-0.15, -0.1) is 0 Å². The van der Waals surface area contributed by atoms with Crippen LogP contribution in [-0.4, -0.2) is 31.5 Å². The van der Waals surface area contributed by atoms with Crippen molar-refractivity contribution in [3.05, 3.63) is 53.9 Å². The summed E-state index contributed by atoms with van der Waals surface area (Å²) in [6, 6.07) is 9.22. The molecule has 0 aliphatic carbocycles. The molecule has 0 N–H and O–H groups in total. The lowest BCUT2D eigenvalue weighted by Crippen LogP contribution is -2.09. The van der Waals surface area contributed by atoms with Crippen molar-refractivity contribution in [2.45, 2.75) is 6.92 Å². The molecule has 2 rings (SSSR count). The van der Waals surface area contributed by atoms with Crippen LogP contribution in [-0.2, 0) is 0 Å². The molecule has 1 aromatic carbocycles. The first-order chi connectivity index (χ1) is 9.61. The van der Waals surface area contributed by atoms with Crippen LogP contribution in [0.3, 0.4) is 0 Å². The van der Waals surface area contributed by atoms with Gasteiger partial charge in [-0.1, -0.05) is 0 Å². The highest BCUT2D eigenvalue weighted by atomic mass is 16.5. The van der Waals surface area contributed by atoms with Crippen LogP contribution in [0.25, 0.3) is 0 Å². The number of rotatable bonds is 5. The molecule has 0 atom stereocenters. The molecule has 0 bridgehead atoms. The second-order valence-corrected chi connectivity index (χ2v) is 4.61. The Morgan fingerprint density at radius 3 is 2.45 bits per heavy atom. The summed E-state index contributed by atoms with van der Waals surface area (Å²) in [4.78, 5) is 18.4. The lowest BCUT2D eigenvalue weighted by atomic mass is 10.0. The van der Waals surface area contributed by atoms with Gasteiger partial charge in [-0.2, -0.15) is 0 Å². The summed E-state index contributed by atoms with van der Waals surface area (Å²) < 4.78 is 5.36. The first kappa shape index (κ1) is 14.1. The van der Waals surface area contributed by atoms with Gasteiger partial charge < -0.3 is 9.64 Å². The summed E-state index contributed by atoms with van der Waals surface area (Å²) in [5.74, 6) is 0.563. The average Bonchev–Trinajstić information content (AvgIpc) is 2.47. The largest absolute Gasteiger partial charge is 0.492 e. The van der Waals surface area contributed by atoms with Gasteiger partial charge in [0.15, 0.2) is 5.78 Å². The number of ether oxygens (including phenoxy) is 1. The van der Waals surface area contributed by atoms with E-state index in [-0.39, 0.29) is 5.78 Å². The molecule has 20 heavy (non-hydrogen) atoms. The van der Waals surface area contributed by atoms with Gasteiger partial charge in [0, 0.05) is 37.1 Å². The molecule has 0 aliphatic heterocycles. The number of hydrogen-bond donors (Lipinski definition) is 0. The van der Waals surface area contributed by atoms with E-state index in [2.05, 4.69) is 4.98 Å². The first-order valence-corrected chi connectivity index (χ1v) is 6.51. The third-order valence-corrected chi connectivity index (χ3v) is 2.93. The monoisotopic (exact) mass is 270 g/mol. The zero-order valence-electron chi connectivity index (χ0n) is 12.0. The Hall–Kier alpha value is -2.36. The Morgan fingerprint density at radius 1 is 1.15 bits per heavy atom. The van der Waals surface area contributed by atoms with Crippen molar-refractivity contribution in [3.63, 3.8) is 0 Å². The highest BCUT2D eigenvalue weighted by Crippen LogP contribution is 2.17. The van der Waals surface area contributed by atoms with Gasteiger partial charge in [-0.05, 0) is 37.3 Å². The Labute approximate surface area is 119 Å². The van der Waals surface area contributed by atoms with Crippen molar-refractivity contribution in [1.29, 1.82) is 0 Å². The third kappa shape index (κ3) is 3.15. The predicted molar refractivity (Wildman–Crippen MR) is 79.6 cm³/mol. The smallest absolute Gasteiger partial charge is 0.194 e. The fourth-order valence-electron chi connectivity index (χ4n) is 1.87. The minimum Gasteiger partial charge on any atom is -0.492 e. The highest BCUT2D eigenvalue weighted by molar-refractivity contribution is 6.09. The lowest BCUT2D eigenvalue weighted by Gasteiger charge is -2.12. The SMILES string of the molecule is CCOc1cncc(C(=O)c2ccc(N(C)C)cc2)c1. The van der Waals surface area contributed by atoms with Crippen molar-refractivity contribution >= 4 is 11.5 Å². The van der Waals surface area contributed by atoms with Gasteiger partial charge in [0.2, 0.25) is 0 Å². The van der Waals surface area contributed by atoms with Crippen LogP contribution in [0, 0.1) is 0 Å². The van der Waals surface area contributed by atoms with Crippen LogP contribution in [0.2, 0.25) is 0 Å². The molecular formula is C16H18N2O2. The number of pyridine rings is 1. The number of benzene rings is 1. The van der Waals surface area contributed by atoms with E-state index < -0.39 is 0 Å². The zero-order chi connectivity index (χ0) is 14.5. The van der Waals surface area contributed by atoms with E-state index in [9.17, 15) is 4.79 Å². The second-order valence-electron chi connectivity index (χ2n) is 4.61. The average molecular weight is 270 g/mol. The molecule has 1 heterocycles. The molecule has 0 amide bonds. The molecule has 0 fully saturated rings. The van der Waals surface area contributed by atoms with Crippen LogP contribution in [0.4, 0.5) is 5.69 Å². The molecule has 0 spiro atoms. The van der Waals surface area contributed by atoms with Gasteiger partial charge >= 0.3 is 0 Å². The Morgan fingerprint density at radius 2 is 1.85 bits per heavy atom. The van der Waals surface area contributed by atoms with E-state index >= 15 is 0 Å². The Kier molecular flexibility index (Phi) is 4.35. The molecule has 0 saturated heterocycles. The van der Waals surface area contributed by atoms with Gasteiger partial charge in [0.05, 0.1) is 12.8 Å². The van der Waals surface area contributed by atoms with Crippen molar-refractivity contribution in [3.8, 4) is 5.75 Å². The van der Waals surface area contributed by atoms with Crippen molar-refractivity contribution < 1.29 is 9.53 Å². The minimum atomic E-state index is -0.0515. The van der Waals surface area contributed by atoms with E-state index in [1.54, 1.807) is 18.5 Å². The van der Waals surface area contributed by atoms with Gasteiger partial charge in [0.25, 0.3) is 0 Å². The minimum absolute atomic E-state index is 0.0515. The number of anilines is 1.